The van der Waals surface area contributed by atoms with E-state index in [2.05, 4.69) is 22.4 Å². The molecule has 6 nitrogen and oxygen atoms in total. The summed E-state index contributed by atoms with van der Waals surface area (Å²) in [5.41, 5.74) is 0.846. The van der Waals surface area contributed by atoms with Gasteiger partial charge in [-0.2, -0.15) is 5.10 Å². The number of amides is 1. The van der Waals surface area contributed by atoms with Gasteiger partial charge >= 0.3 is 0 Å². The summed E-state index contributed by atoms with van der Waals surface area (Å²) in [6.07, 6.45) is 3.70. The van der Waals surface area contributed by atoms with E-state index in [1.807, 2.05) is 18.2 Å². The number of thioether (sulfide) groups is 1. The third-order valence-corrected chi connectivity index (χ3v) is 3.75. The predicted molar refractivity (Wildman–Crippen MR) is 89.0 cm³/mol. The number of carbonyl (C=O) groups is 1. The van der Waals surface area contributed by atoms with E-state index in [0.29, 0.717) is 23.3 Å². The molecule has 2 rings (SSSR count). The predicted octanol–water partition coefficient (Wildman–Crippen LogP) is 2.43. The first-order chi connectivity index (χ1) is 10.7. The van der Waals surface area contributed by atoms with Crippen molar-refractivity contribution >= 4 is 29.1 Å². The number of nitrogens with zero attached hydrogens (tertiary/aromatic N) is 2. The highest BCUT2D eigenvalue weighted by atomic mass is 32.2. The number of rotatable bonds is 7. The van der Waals surface area contributed by atoms with E-state index in [0.717, 1.165) is 24.2 Å². The lowest BCUT2D eigenvalue weighted by Gasteiger charge is -2.10. The summed E-state index contributed by atoms with van der Waals surface area (Å²) in [5, 5.41) is 11.1. The highest BCUT2D eigenvalue weighted by Gasteiger charge is 2.15. The number of amidine groups is 1. The van der Waals surface area contributed by atoms with Crippen LogP contribution in [0.2, 0.25) is 0 Å². The van der Waals surface area contributed by atoms with Gasteiger partial charge in [0.25, 0.3) is 0 Å². The van der Waals surface area contributed by atoms with Crippen molar-refractivity contribution in [2.45, 2.75) is 19.8 Å². The molecule has 0 aliphatic carbocycles. The van der Waals surface area contributed by atoms with Gasteiger partial charge in [-0.05, 0) is 30.2 Å². The van der Waals surface area contributed by atoms with Gasteiger partial charge in [-0.3, -0.25) is 4.79 Å². The van der Waals surface area contributed by atoms with Gasteiger partial charge in [-0.15, -0.1) is 5.10 Å². The first kappa shape index (κ1) is 16.4. The SMILES string of the molecule is CCCCOc1ccc(C=NN=C2NC(=O)CS2)cc1OC. The van der Waals surface area contributed by atoms with Crippen molar-refractivity contribution in [3.8, 4) is 11.5 Å². The van der Waals surface area contributed by atoms with Crippen LogP contribution in [0.25, 0.3) is 0 Å². The molecule has 1 amide bonds. The van der Waals surface area contributed by atoms with E-state index in [-0.39, 0.29) is 5.91 Å². The molecule has 1 N–H and O–H groups in total. The fraction of sp³-hybridized carbons (Fsp3) is 0.400. The van der Waals surface area contributed by atoms with Crippen LogP contribution in [-0.2, 0) is 4.79 Å². The average Bonchev–Trinajstić information content (AvgIpc) is 2.94. The molecule has 22 heavy (non-hydrogen) atoms. The number of methoxy groups -OCH3 is 1. The van der Waals surface area contributed by atoms with Crippen LogP contribution in [-0.4, -0.2) is 36.8 Å². The van der Waals surface area contributed by atoms with Crippen LogP contribution in [0.15, 0.2) is 28.4 Å². The summed E-state index contributed by atoms with van der Waals surface area (Å²) in [5.74, 6) is 1.73. The van der Waals surface area contributed by atoms with Gasteiger partial charge in [0, 0.05) is 0 Å². The maximum Gasteiger partial charge on any atom is 0.236 e. The zero-order valence-electron chi connectivity index (χ0n) is 12.7. The van der Waals surface area contributed by atoms with Gasteiger partial charge < -0.3 is 14.8 Å². The van der Waals surface area contributed by atoms with Crippen LogP contribution in [0.1, 0.15) is 25.3 Å². The fourth-order valence-corrected chi connectivity index (χ4v) is 2.37. The highest BCUT2D eigenvalue weighted by molar-refractivity contribution is 8.15. The number of benzene rings is 1. The molecule has 0 bridgehead atoms. The lowest BCUT2D eigenvalue weighted by molar-refractivity contribution is -0.116. The molecular weight excluding hydrogens is 302 g/mol. The molecule has 0 unspecified atom stereocenters. The molecule has 1 aromatic carbocycles. The lowest BCUT2D eigenvalue weighted by Crippen LogP contribution is -2.19. The standard InChI is InChI=1S/C15H19N3O3S/c1-3-4-7-21-12-6-5-11(8-13(12)20-2)9-16-18-15-17-14(19)10-22-15/h5-6,8-9H,3-4,7,10H2,1-2H3,(H,17,18,19). The highest BCUT2D eigenvalue weighted by Crippen LogP contribution is 2.27. The summed E-state index contributed by atoms with van der Waals surface area (Å²) in [7, 11) is 1.61. The molecule has 0 spiro atoms. The molecule has 0 atom stereocenters. The Morgan fingerprint density at radius 1 is 1.41 bits per heavy atom. The van der Waals surface area contributed by atoms with Crippen molar-refractivity contribution in [3.63, 3.8) is 0 Å². The number of hydrogen-bond donors (Lipinski definition) is 1. The van der Waals surface area contributed by atoms with Crippen molar-refractivity contribution in [2.75, 3.05) is 19.5 Å². The molecule has 1 fully saturated rings. The van der Waals surface area contributed by atoms with Gasteiger partial charge in [0.15, 0.2) is 16.7 Å². The Bertz CT molecular complexity index is 587. The molecule has 0 radical (unpaired) electrons. The maximum atomic E-state index is 11.0. The molecule has 1 heterocycles. The molecule has 7 heteroatoms. The van der Waals surface area contributed by atoms with Crippen LogP contribution in [0.4, 0.5) is 0 Å². The average molecular weight is 321 g/mol. The van der Waals surface area contributed by atoms with Crippen LogP contribution >= 0.6 is 11.8 Å². The van der Waals surface area contributed by atoms with Crippen molar-refractivity contribution < 1.29 is 14.3 Å². The Labute approximate surface area is 134 Å². The second kappa shape index (κ2) is 8.43. The number of nitrogens with one attached hydrogen (secondary N) is 1. The van der Waals surface area contributed by atoms with Gasteiger partial charge in [-0.1, -0.05) is 25.1 Å². The monoisotopic (exact) mass is 321 g/mol. The quantitative estimate of drug-likeness (QED) is 0.475. The molecule has 0 aromatic heterocycles. The Hall–Kier alpha value is -2.02. The Morgan fingerprint density at radius 3 is 2.95 bits per heavy atom. The van der Waals surface area contributed by atoms with E-state index in [4.69, 9.17) is 9.47 Å². The smallest absolute Gasteiger partial charge is 0.236 e. The second-order valence-corrected chi connectivity index (χ2v) is 5.56. The summed E-state index contributed by atoms with van der Waals surface area (Å²) in [6.45, 7) is 2.79. The minimum atomic E-state index is -0.0470. The zero-order valence-corrected chi connectivity index (χ0v) is 13.5. The first-order valence-corrected chi connectivity index (χ1v) is 8.06. The minimum absolute atomic E-state index is 0.0470. The summed E-state index contributed by atoms with van der Waals surface area (Å²) in [6, 6.07) is 5.58. The molecule has 118 valence electrons. The van der Waals surface area contributed by atoms with Gasteiger partial charge in [0.2, 0.25) is 5.91 Å². The molecular formula is C15H19N3O3S. The zero-order chi connectivity index (χ0) is 15.8. The number of carbonyl (C=O) groups excluding carboxylic acids is 1. The summed E-state index contributed by atoms with van der Waals surface area (Å²) >= 11 is 1.34. The Morgan fingerprint density at radius 2 is 2.27 bits per heavy atom. The Balaban J connectivity index is 2.01. The largest absolute Gasteiger partial charge is 0.493 e. The van der Waals surface area contributed by atoms with Crippen LogP contribution in [0, 0.1) is 0 Å². The third-order valence-electron chi connectivity index (χ3n) is 2.88. The van der Waals surface area contributed by atoms with Crippen LogP contribution < -0.4 is 14.8 Å². The minimum Gasteiger partial charge on any atom is -0.493 e. The van der Waals surface area contributed by atoms with E-state index >= 15 is 0 Å². The molecule has 1 saturated heterocycles. The normalized spacial score (nSPS) is 16.3. The number of unbranched alkanes of at least 4 members (excludes halogenated alkanes) is 1. The Kier molecular flexibility index (Phi) is 6.27. The van der Waals surface area contributed by atoms with E-state index in [1.54, 1.807) is 13.3 Å². The second-order valence-electron chi connectivity index (χ2n) is 4.60. The van der Waals surface area contributed by atoms with Gasteiger partial charge in [0.1, 0.15) is 0 Å². The van der Waals surface area contributed by atoms with Crippen molar-refractivity contribution in [1.29, 1.82) is 0 Å². The van der Waals surface area contributed by atoms with Crippen molar-refractivity contribution in [3.05, 3.63) is 23.8 Å². The molecule has 1 aliphatic heterocycles. The van der Waals surface area contributed by atoms with Crippen LogP contribution in [0.5, 0.6) is 11.5 Å². The van der Waals surface area contributed by atoms with Crippen molar-refractivity contribution in [1.82, 2.24) is 5.32 Å². The van der Waals surface area contributed by atoms with Crippen LogP contribution in [0.3, 0.4) is 0 Å². The van der Waals surface area contributed by atoms with Gasteiger partial charge in [-0.25, -0.2) is 0 Å². The van der Waals surface area contributed by atoms with E-state index < -0.39 is 0 Å². The third kappa shape index (κ3) is 4.77. The molecule has 1 aliphatic rings. The topological polar surface area (TPSA) is 72.3 Å². The lowest BCUT2D eigenvalue weighted by atomic mass is 10.2. The maximum absolute atomic E-state index is 11.0. The summed E-state index contributed by atoms with van der Waals surface area (Å²) in [4.78, 5) is 11.0. The van der Waals surface area contributed by atoms with E-state index in [1.165, 1.54) is 11.8 Å². The fourth-order valence-electron chi connectivity index (χ4n) is 1.74. The molecule has 0 saturated carbocycles. The van der Waals surface area contributed by atoms with E-state index in [9.17, 15) is 4.79 Å². The van der Waals surface area contributed by atoms with Gasteiger partial charge in [0.05, 0.1) is 25.7 Å². The number of hydrogen-bond acceptors (Lipinski definition) is 6. The summed E-state index contributed by atoms with van der Waals surface area (Å²) < 4.78 is 11.0. The number of ether oxygens (including phenoxy) is 2. The first-order valence-electron chi connectivity index (χ1n) is 7.07. The molecule has 1 aromatic rings. The van der Waals surface area contributed by atoms with Crippen molar-refractivity contribution in [2.24, 2.45) is 10.2 Å².